The third-order valence-corrected chi connectivity index (χ3v) is 2.83. The Kier molecular flexibility index (Phi) is 2.38. The zero-order valence-electron chi connectivity index (χ0n) is 6.96. The van der Waals surface area contributed by atoms with Gasteiger partial charge >= 0.3 is 0 Å². The molecule has 2 heteroatoms. The van der Waals surface area contributed by atoms with Crippen molar-refractivity contribution in [2.75, 3.05) is 5.75 Å². The average molecular weight is 179 g/mol. The van der Waals surface area contributed by atoms with Crippen LogP contribution in [0.1, 0.15) is 11.1 Å². The van der Waals surface area contributed by atoms with Crippen molar-refractivity contribution >= 4 is 12.6 Å². The molecule has 1 N–H and O–H groups in total. The third-order valence-electron chi connectivity index (χ3n) is 2.39. The summed E-state index contributed by atoms with van der Waals surface area (Å²) in [5.41, 5.74) is 2.92. The van der Waals surface area contributed by atoms with Gasteiger partial charge in [0.05, 0.1) is 0 Å². The highest BCUT2D eigenvalue weighted by Crippen LogP contribution is 2.16. The fourth-order valence-electron chi connectivity index (χ4n) is 1.65. The van der Waals surface area contributed by atoms with Crippen molar-refractivity contribution in [3.63, 3.8) is 0 Å². The predicted octanol–water partition coefficient (Wildman–Crippen LogP) is 1.63. The van der Waals surface area contributed by atoms with Gasteiger partial charge in [0.1, 0.15) is 0 Å². The van der Waals surface area contributed by atoms with Crippen LogP contribution in [-0.2, 0) is 13.0 Å². The molecule has 2 rings (SSSR count). The maximum absolute atomic E-state index is 4.29. The molecule has 1 aliphatic rings. The van der Waals surface area contributed by atoms with Gasteiger partial charge < -0.3 is 5.32 Å². The van der Waals surface area contributed by atoms with E-state index in [-0.39, 0.29) is 0 Å². The van der Waals surface area contributed by atoms with Crippen LogP contribution in [0.2, 0.25) is 0 Å². The summed E-state index contributed by atoms with van der Waals surface area (Å²) in [5, 5.41) is 3.45. The van der Waals surface area contributed by atoms with Gasteiger partial charge in [-0.1, -0.05) is 24.3 Å². The molecule has 0 fully saturated rings. The molecule has 0 bridgehead atoms. The fourth-order valence-corrected chi connectivity index (χ4v) is 1.91. The number of thiol groups is 1. The molecule has 1 unspecified atom stereocenters. The molecule has 0 saturated heterocycles. The van der Waals surface area contributed by atoms with Gasteiger partial charge in [0, 0.05) is 18.3 Å². The van der Waals surface area contributed by atoms with Crippen LogP contribution >= 0.6 is 12.6 Å². The van der Waals surface area contributed by atoms with Crippen molar-refractivity contribution in [1.82, 2.24) is 5.32 Å². The molecule has 1 atom stereocenters. The lowest BCUT2D eigenvalue weighted by molar-refractivity contribution is 0.521. The Bertz CT molecular complexity index is 272. The standard InChI is InChI=1S/C10H13NS/c12-7-10-5-8-3-1-2-4-9(8)6-11-10/h1-4,10-12H,5-7H2. The van der Waals surface area contributed by atoms with Crippen LogP contribution in [0.3, 0.4) is 0 Å². The van der Waals surface area contributed by atoms with Crippen LogP contribution < -0.4 is 5.32 Å². The Morgan fingerprint density at radius 1 is 1.33 bits per heavy atom. The maximum atomic E-state index is 4.29. The summed E-state index contributed by atoms with van der Waals surface area (Å²) in [6.45, 7) is 1.00. The van der Waals surface area contributed by atoms with E-state index in [1.165, 1.54) is 11.1 Å². The summed E-state index contributed by atoms with van der Waals surface area (Å²) in [7, 11) is 0. The molecule has 0 radical (unpaired) electrons. The topological polar surface area (TPSA) is 12.0 Å². The Hall–Kier alpha value is -0.470. The molecule has 0 saturated carbocycles. The summed E-state index contributed by atoms with van der Waals surface area (Å²) < 4.78 is 0. The predicted molar refractivity (Wildman–Crippen MR) is 54.6 cm³/mol. The second-order valence-electron chi connectivity index (χ2n) is 3.23. The van der Waals surface area contributed by atoms with E-state index in [0.717, 1.165) is 18.7 Å². The second kappa shape index (κ2) is 3.50. The van der Waals surface area contributed by atoms with Crippen molar-refractivity contribution in [3.8, 4) is 0 Å². The van der Waals surface area contributed by atoms with Gasteiger partial charge in [0.2, 0.25) is 0 Å². The quantitative estimate of drug-likeness (QED) is 0.624. The van der Waals surface area contributed by atoms with Gasteiger partial charge in [0.25, 0.3) is 0 Å². The van der Waals surface area contributed by atoms with E-state index in [9.17, 15) is 0 Å². The van der Waals surface area contributed by atoms with E-state index in [0.29, 0.717) is 6.04 Å². The molecule has 1 aliphatic heterocycles. The second-order valence-corrected chi connectivity index (χ2v) is 3.60. The van der Waals surface area contributed by atoms with Crippen LogP contribution in [0.4, 0.5) is 0 Å². The van der Waals surface area contributed by atoms with E-state index < -0.39 is 0 Å². The fraction of sp³-hybridized carbons (Fsp3) is 0.400. The number of rotatable bonds is 1. The minimum absolute atomic E-state index is 0.559. The van der Waals surface area contributed by atoms with Gasteiger partial charge in [-0.3, -0.25) is 0 Å². The van der Waals surface area contributed by atoms with Crippen molar-refractivity contribution in [1.29, 1.82) is 0 Å². The summed E-state index contributed by atoms with van der Waals surface area (Å²) in [5.74, 6) is 0.925. The van der Waals surface area contributed by atoms with Gasteiger partial charge in [-0.25, -0.2) is 0 Å². The lowest BCUT2D eigenvalue weighted by atomic mass is 9.97. The third kappa shape index (κ3) is 1.50. The average Bonchev–Trinajstić information content (AvgIpc) is 2.17. The lowest BCUT2D eigenvalue weighted by Crippen LogP contribution is -2.36. The highest BCUT2D eigenvalue weighted by molar-refractivity contribution is 7.80. The number of fused-ring (bicyclic) bond motifs is 1. The van der Waals surface area contributed by atoms with Gasteiger partial charge in [-0.05, 0) is 17.5 Å². The Morgan fingerprint density at radius 3 is 2.83 bits per heavy atom. The van der Waals surface area contributed by atoms with Gasteiger partial charge in [0.15, 0.2) is 0 Å². The van der Waals surface area contributed by atoms with Gasteiger partial charge in [-0.15, -0.1) is 0 Å². The summed E-state index contributed by atoms with van der Waals surface area (Å²) in [4.78, 5) is 0. The SMILES string of the molecule is SCC1Cc2ccccc2CN1. The molecule has 1 aromatic rings. The molecule has 0 amide bonds. The summed E-state index contributed by atoms with van der Waals surface area (Å²) in [6, 6.07) is 9.17. The van der Waals surface area contributed by atoms with E-state index in [2.05, 4.69) is 42.2 Å². The number of hydrogen-bond acceptors (Lipinski definition) is 2. The van der Waals surface area contributed by atoms with Crippen molar-refractivity contribution in [3.05, 3.63) is 35.4 Å². The molecular weight excluding hydrogens is 166 g/mol. The molecule has 0 aliphatic carbocycles. The first-order valence-corrected chi connectivity index (χ1v) is 4.94. The number of nitrogens with one attached hydrogen (secondary N) is 1. The van der Waals surface area contributed by atoms with Crippen LogP contribution in [-0.4, -0.2) is 11.8 Å². The monoisotopic (exact) mass is 179 g/mol. The van der Waals surface area contributed by atoms with Crippen molar-refractivity contribution in [2.45, 2.75) is 19.0 Å². The first-order valence-electron chi connectivity index (χ1n) is 4.31. The minimum atomic E-state index is 0.559. The molecular formula is C10H13NS. The first-order chi connectivity index (χ1) is 5.90. The Morgan fingerprint density at radius 2 is 2.08 bits per heavy atom. The van der Waals surface area contributed by atoms with E-state index >= 15 is 0 Å². The first kappa shape index (κ1) is 8.14. The Balaban J connectivity index is 2.23. The highest BCUT2D eigenvalue weighted by atomic mass is 32.1. The van der Waals surface area contributed by atoms with Crippen LogP contribution in [0, 0.1) is 0 Å². The number of benzene rings is 1. The van der Waals surface area contributed by atoms with E-state index in [1.807, 2.05) is 0 Å². The highest BCUT2D eigenvalue weighted by Gasteiger charge is 2.15. The molecule has 0 spiro atoms. The largest absolute Gasteiger partial charge is 0.309 e. The van der Waals surface area contributed by atoms with Crippen molar-refractivity contribution in [2.24, 2.45) is 0 Å². The van der Waals surface area contributed by atoms with Crippen LogP contribution in [0.5, 0.6) is 0 Å². The zero-order chi connectivity index (χ0) is 8.39. The van der Waals surface area contributed by atoms with Crippen molar-refractivity contribution < 1.29 is 0 Å². The minimum Gasteiger partial charge on any atom is -0.309 e. The summed E-state index contributed by atoms with van der Waals surface area (Å²) in [6.07, 6.45) is 1.12. The lowest BCUT2D eigenvalue weighted by Gasteiger charge is -2.24. The Labute approximate surface area is 78.6 Å². The molecule has 12 heavy (non-hydrogen) atoms. The van der Waals surface area contributed by atoms with E-state index in [1.54, 1.807) is 0 Å². The number of hydrogen-bond donors (Lipinski definition) is 2. The molecule has 1 aromatic carbocycles. The van der Waals surface area contributed by atoms with E-state index in [4.69, 9.17) is 0 Å². The van der Waals surface area contributed by atoms with Gasteiger partial charge in [-0.2, -0.15) is 12.6 Å². The molecule has 64 valence electrons. The van der Waals surface area contributed by atoms with Crippen LogP contribution in [0.15, 0.2) is 24.3 Å². The molecule has 1 nitrogen and oxygen atoms in total. The molecule has 1 heterocycles. The zero-order valence-corrected chi connectivity index (χ0v) is 7.85. The molecule has 0 aromatic heterocycles. The maximum Gasteiger partial charge on any atom is 0.0211 e. The smallest absolute Gasteiger partial charge is 0.0211 e. The summed E-state index contributed by atoms with van der Waals surface area (Å²) >= 11 is 4.29. The van der Waals surface area contributed by atoms with Crippen LogP contribution in [0.25, 0.3) is 0 Å². The normalized spacial score (nSPS) is 21.9.